The number of benzene rings is 4. The average molecular weight is 721 g/mol. The van der Waals surface area contributed by atoms with Crippen LogP contribution in [0.5, 0.6) is 11.5 Å². The molecule has 0 aliphatic carbocycles. The van der Waals surface area contributed by atoms with Gasteiger partial charge in [-0.25, -0.2) is 4.79 Å². The molecule has 4 rings (SSSR count). The van der Waals surface area contributed by atoms with Gasteiger partial charge in [-0.1, -0.05) is 87.0 Å². The SMILES string of the molecule is C=C(C)C(=C)OCC(COc1ccccc1)OC(=O)Nc1ccc(Cc2ccc(NC(O)OC(COC(=C)C(=C)C)COc3ccccc3)cc2)cc1. The quantitative estimate of drug-likeness (QED) is 0.0417. The number of rotatable bonds is 22. The summed E-state index contributed by atoms with van der Waals surface area (Å²) >= 11 is 0. The van der Waals surface area contributed by atoms with Gasteiger partial charge in [0.25, 0.3) is 0 Å². The maximum absolute atomic E-state index is 12.8. The minimum absolute atomic E-state index is 0.0523. The van der Waals surface area contributed by atoms with Gasteiger partial charge < -0.3 is 38.8 Å². The average Bonchev–Trinajstić information content (AvgIpc) is 3.15. The number of para-hydroxylation sites is 2. The molecular weight excluding hydrogens is 672 g/mol. The van der Waals surface area contributed by atoms with E-state index in [2.05, 4.69) is 36.9 Å². The third-order valence-corrected chi connectivity index (χ3v) is 7.64. The molecule has 278 valence electrons. The van der Waals surface area contributed by atoms with Crippen LogP contribution in [0.1, 0.15) is 25.0 Å². The summed E-state index contributed by atoms with van der Waals surface area (Å²) in [5.41, 5.74) is 4.69. The lowest BCUT2D eigenvalue weighted by atomic mass is 10.0. The molecule has 4 aromatic carbocycles. The van der Waals surface area contributed by atoms with Gasteiger partial charge in [0.2, 0.25) is 6.41 Å². The first kappa shape index (κ1) is 39.8. The molecule has 0 fully saturated rings. The number of hydrogen-bond acceptors (Lipinski definition) is 9. The van der Waals surface area contributed by atoms with Crippen LogP contribution >= 0.6 is 0 Å². The topological polar surface area (TPSA) is 117 Å². The van der Waals surface area contributed by atoms with E-state index in [4.69, 9.17) is 28.4 Å². The molecule has 0 aromatic heterocycles. The van der Waals surface area contributed by atoms with Crippen LogP contribution in [-0.2, 0) is 25.4 Å². The van der Waals surface area contributed by atoms with Crippen LogP contribution < -0.4 is 20.1 Å². The molecule has 1 amide bonds. The van der Waals surface area contributed by atoms with E-state index in [9.17, 15) is 9.90 Å². The van der Waals surface area contributed by atoms with Crippen molar-refractivity contribution in [1.82, 2.24) is 0 Å². The molecule has 53 heavy (non-hydrogen) atoms. The molecule has 3 atom stereocenters. The molecule has 3 unspecified atom stereocenters. The van der Waals surface area contributed by atoms with Crippen molar-refractivity contribution in [2.24, 2.45) is 0 Å². The second-order valence-electron chi connectivity index (χ2n) is 12.3. The van der Waals surface area contributed by atoms with Crippen molar-refractivity contribution in [3.8, 4) is 11.5 Å². The molecule has 4 aromatic rings. The summed E-state index contributed by atoms with van der Waals surface area (Å²) in [5.74, 6) is 2.17. The molecule has 10 nitrogen and oxygen atoms in total. The van der Waals surface area contributed by atoms with Crippen LogP contribution in [0.3, 0.4) is 0 Å². The Hall–Kier alpha value is -5.97. The highest BCUT2D eigenvalue weighted by atomic mass is 16.6. The number of carbonyl (C=O) groups excluding carboxylic acids is 1. The van der Waals surface area contributed by atoms with E-state index < -0.39 is 24.7 Å². The molecule has 0 saturated carbocycles. The van der Waals surface area contributed by atoms with Gasteiger partial charge in [0, 0.05) is 11.4 Å². The van der Waals surface area contributed by atoms with Gasteiger partial charge in [-0.15, -0.1) is 0 Å². The molecule has 0 aliphatic heterocycles. The maximum Gasteiger partial charge on any atom is 0.412 e. The van der Waals surface area contributed by atoms with E-state index in [-0.39, 0.29) is 26.4 Å². The van der Waals surface area contributed by atoms with Gasteiger partial charge in [-0.05, 0) is 91.1 Å². The fourth-order valence-electron chi connectivity index (χ4n) is 4.61. The third-order valence-electron chi connectivity index (χ3n) is 7.64. The van der Waals surface area contributed by atoms with Crippen LogP contribution in [0.4, 0.5) is 16.2 Å². The fourth-order valence-corrected chi connectivity index (χ4v) is 4.61. The molecule has 0 spiro atoms. The first-order valence-electron chi connectivity index (χ1n) is 17.1. The summed E-state index contributed by atoms with van der Waals surface area (Å²) in [7, 11) is 0. The highest BCUT2D eigenvalue weighted by Gasteiger charge is 2.19. The largest absolute Gasteiger partial charge is 0.491 e. The number of carbonyl (C=O) groups is 1. The predicted octanol–water partition coefficient (Wildman–Crippen LogP) is 8.64. The Morgan fingerprint density at radius 3 is 1.57 bits per heavy atom. The van der Waals surface area contributed by atoms with Gasteiger partial charge >= 0.3 is 6.09 Å². The second kappa shape index (κ2) is 20.8. The summed E-state index contributed by atoms with van der Waals surface area (Å²) in [6, 6.07) is 33.7. The van der Waals surface area contributed by atoms with Gasteiger partial charge in [0.1, 0.15) is 55.5 Å². The second-order valence-corrected chi connectivity index (χ2v) is 12.3. The van der Waals surface area contributed by atoms with Gasteiger partial charge in [-0.2, -0.15) is 0 Å². The number of nitrogens with one attached hydrogen (secondary N) is 2. The number of hydrogen-bond donors (Lipinski definition) is 3. The fraction of sp³-hybridized carbons (Fsp3) is 0.233. The Bertz CT molecular complexity index is 1780. The van der Waals surface area contributed by atoms with E-state index in [1.54, 1.807) is 13.8 Å². The van der Waals surface area contributed by atoms with Gasteiger partial charge in [0.15, 0.2) is 6.10 Å². The van der Waals surface area contributed by atoms with E-state index in [0.29, 0.717) is 52.0 Å². The number of ether oxygens (including phenoxy) is 6. The van der Waals surface area contributed by atoms with Crippen molar-refractivity contribution >= 4 is 17.5 Å². The zero-order chi connectivity index (χ0) is 38.0. The summed E-state index contributed by atoms with van der Waals surface area (Å²) in [4.78, 5) is 12.8. The molecular formula is C43H48N2O8. The zero-order valence-corrected chi connectivity index (χ0v) is 30.3. The smallest absolute Gasteiger partial charge is 0.412 e. The normalized spacial score (nSPS) is 12.3. The Morgan fingerprint density at radius 1 is 0.623 bits per heavy atom. The van der Waals surface area contributed by atoms with E-state index >= 15 is 0 Å². The lowest BCUT2D eigenvalue weighted by molar-refractivity contribution is -0.141. The number of anilines is 2. The predicted molar refractivity (Wildman–Crippen MR) is 208 cm³/mol. The summed E-state index contributed by atoms with van der Waals surface area (Å²) in [6.45, 7) is 19.3. The van der Waals surface area contributed by atoms with Gasteiger partial charge in [0.05, 0.1) is 0 Å². The number of aliphatic hydroxyl groups excluding tert-OH is 1. The number of aliphatic hydroxyl groups is 1. The van der Waals surface area contributed by atoms with E-state index in [1.807, 2.05) is 109 Å². The molecule has 0 radical (unpaired) electrons. The first-order chi connectivity index (χ1) is 25.5. The lowest BCUT2D eigenvalue weighted by Crippen LogP contribution is -2.35. The minimum atomic E-state index is -1.33. The van der Waals surface area contributed by atoms with E-state index in [0.717, 1.165) is 11.1 Å². The molecule has 0 heterocycles. The highest BCUT2D eigenvalue weighted by Crippen LogP contribution is 2.19. The molecule has 0 saturated heterocycles. The minimum Gasteiger partial charge on any atom is -0.491 e. The molecule has 0 aliphatic rings. The number of amides is 1. The van der Waals surface area contributed by atoms with Crippen LogP contribution in [0.2, 0.25) is 0 Å². The summed E-state index contributed by atoms with van der Waals surface area (Å²) in [5, 5.41) is 16.4. The summed E-state index contributed by atoms with van der Waals surface area (Å²) in [6.07, 6.45) is -2.63. The zero-order valence-electron chi connectivity index (χ0n) is 30.3. The molecule has 10 heteroatoms. The monoisotopic (exact) mass is 720 g/mol. The molecule has 0 bridgehead atoms. The Morgan fingerprint density at radius 2 is 1.08 bits per heavy atom. The van der Waals surface area contributed by atoms with Crippen molar-refractivity contribution in [2.75, 3.05) is 37.1 Å². The highest BCUT2D eigenvalue weighted by molar-refractivity contribution is 5.84. The summed E-state index contributed by atoms with van der Waals surface area (Å²) < 4.78 is 34.4. The van der Waals surface area contributed by atoms with Crippen molar-refractivity contribution in [3.05, 3.63) is 169 Å². The Labute approximate surface area is 312 Å². The Balaban J connectivity index is 1.26. The first-order valence-corrected chi connectivity index (χ1v) is 17.1. The maximum atomic E-state index is 12.8. The third kappa shape index (κ3) is 14.7. The van der Waals surface area contributed by atoms with Crippen molar-refractivity contribution < 1.29 is 38.3 Å². The van der Waals surface area contributed by atoms with Gasteiger partial charge in [-0.3, -0.25) is 5.32 Å². The van der Waals surface area contributed by atoms with Crippen molar-refractivity contribution in [2.45, 2.75) is 38.9 Å². The molecule has 3 N–H and O–H groups in total. The van der Waals surface area contributed by atoms with Crippen LogP contribution in [0, 0.1) is 0 Å². The van der Waals surface area contributed by atoms with E-state index in [1.165, 1.54) is 0 Å². The van der Waals surface area contributed by atoms with Crippen LogP contribution in [0.15, 0.2) is 158 Å². The standard InChI is InChI=1S/C43H48N2O8/c1-30(2)32(5)48-26-40(28-50-38-13-9-7-10-14-38)52-42(46)44-36-21-17-34(18-22-36)25-35-19-23-37(24-20-35)45-43(47)53-41(27-49-33(6)31(3)4)29-51-39-15-11-8-12-16-39/h7-24,40-42,44,46H,1,3,5-6,25-29H2,2,4H3,(H,45,47). The lowest BCUT2D eigenvalue weighted by Gasteiger charge is -2.24. The van der Waals surface area contributed by atoms with Crippen LogP contribution in [0.25, 0.3) is 0 Å². The van der Waals surface area contributed by atoms with Crippen molar-refractivity contribution in [3.63, 3.8) is 0 Å². The van der Waals surface area contributed by atoms with Crippen molar-refractivity contribution in [1.29, 1.82) is 0 Å². The van der Waals surface area contributed by atoms with Crippen LogP contribution in [-0.4, -0.2) is 56.2 Å². The Kier molecular flexibility index (Phi) is 15.6. The number of allylic oxidation sites excluding steroid dienone is 2.